The average molecular weight is 196 g/mol. The van der Waals surface area contributed by atoms with Gasteiger partial charge < -0.3 is 9.84 Å². The smallest absolute Gasteiger partial charge is 0.119 e. The summed E-state index contributed by atoms with van der Waals surface area (Å²) < 4.78 is 5.50. The molecular weight excluding hydrogens is 176 g/mol. The number of rotatable bonds is 4. The molecule has 1 aromatic rings. The molecule has 1 rings (SSSR count). The summed E-state index contributed by atoms with van der Waals surface area (Å²) in [6, 6.07) is 8.18. The molecule has 0 saturated carbocycles. The Labute approximate surface area is 86.5 Å². The quantitative estimate of drug-likeness (QED) is 0.750. The number of aliphatic hydroxyl groups is 1. The zero-order valence-corrected chi connectivity index (χ0v) is 9.29. The minimum Gasteiger partial charge on any atom is -0.494 e. The highest BCUT2D eigenvalue weighted by atomic mass is 16.5. The van der Waals surface area contributed by atoms with Crippen molar-refractivity contribution in [3.05, 3.63) is 29.8 Å². The maximum atomic E-state index is 7.00. The van der Waals surface area contributed by atoms with E-state index in [1.165, 1.54) is 12.0 Å². The fourth-order valence-electron chi connectivity index (χ4n) is 0.969. The second-order valence-electron chi connectivity index (χ2n) is 3.02. The molecule has 0 amide bonds. The summed E-state index contributed by atoms with van der Waals surface area (Å²) in [4.78, 5) is 0. The van der Waals surface area contributed by atoms with E-state index in [9.17, 15) is 0 Å². The van der Waals surface area contributed by atoms with Crippen LogP contribution >= 0.6 is 0 Å². The Bertz CT molecular complexity index is 216. The van der Waals surface area contributed by atoms with E-state index in [1.807, 2.05) is 12.1 Å². The van der Waals surface area contributed by atoms with Crippen molar-refractivity contribution in [2.45, 2.75) is 26.7 Å². The first-order valence-electron chi connectivity index (χ1n) is 4.97. The fourth-order valence-corrected chi connectivity index (χ4v) is 0.969. The first-order chi connectivity index (χ1) is 6.83. The molecule has 0 aliphatic heterocycles. The molecule has 0 radical (unpaired) electrons. The number of benzene rings is 1. The van der Waals surface area contributed by atoms with Crippen LogP contribution in [0.1, 0.15) is 25.3 Å². The highest BCUT2D eigenvalue weighted by Crippen LogP contribution is 2.11. The molecule has 0 fully saturated rings. The van der Waals surface area contributed by atoms with Gasteiger partial charge in [0.05, 0.1) is 6.61 Å². The van der Waals surface area contributed by atoms with E-state index < -0.39 is 0 Å². The Morgan fingerprint density at radius 3 is 2.21 bits per heavy atom. The van der Waals surface area contributed by atoms with E-state index in [4.69, 9.17) is 9.84 Å². The zero-order chi connectivity index (χ0) is 10.8. The molecule has 14 heavy (non-hydrogen) atoms. The van der Waals surface area contributed by atoms with Gasteiger partial charge in [-0.1, -0.05) is 31.0 Å². The van der Waals surface area contributed by atoms with Crippen LogP contribution in [0, 0.1) is 6.92 Å². The van der Waals surface area contributed by atoms with Crippen LogP contribution in [0.4, 0.5) is 0 Å². The number of unbranched alkanes of at least 4 members (excludes halogenated alkanes) is 1. The molecule has 80 valence electrons. The fraction of sp³-hybridized carbons (Fsp3) is 0.500. The van der Waals surface area contributed by atoms with Crippen LogP contribution in [0.3, 0.4) is 0 Å². The third kappa shape index (κ3) is 5.60. The Hall–Kier alpha value is -1.02. The summed E-state index contributed by atoms with van der Waals surface area (Å²) in [5.74, 6) is 0.981. The maximum Gasteiger partial charge on any atom is 0.119 e. The number of hydrogen-bond donors (Lipinski definition) is 1. The van der Waals surface area contributed by atoms with Gasteiger partial charge in [-0.3, -0.25) is 0 Å². The summed E-state index contributed by atoms with van der Waals surface area (Å²) in [5, 5.41) is 7.00. The SMILES string of the molecule is CCCCOc1ccc(C)cc1.CO. The molecule has 0 heterocycles. The summed E-state index contributed by atoms with van der Waals surface area (Å²) in [6.07, 6.45) is 2.32. The van der Waals surface area contributed by atoms with E-state index in [-0.39, 0.29) is 0 Å². The van der Waals surface area contributed by atoms with Crippen LogP contribution in [0.15, 0.2) is 24.3 Å². The van der Waals surface area contributed by atoms with Gasteiger partial charge in [0.25, 0.3) is 0 Å². The van der Waals surface area contributed by atoms with Crippen LogP contribution in [0.25, 0.3) is 0 Å². The molecule has 0 unspecified atom stereocenters. The molecule has 2 nitrogen and oxygen atoms in total. The lowest BCUT2D eigenvalue weighted by Gasteiger charge is -2.04. The van der Waals surface area contributed by atoms with Crippen molar-refractivity contribution in [3.8, 4) is 5.75 Å². The first kappa shape index (κ1) is 13.0. The standard InChI is InChI=1S/C11H16O.CH4O/c1-3-4-9-12-11-7-5-10(2)6-8-11;1-2/h5-8H,3-4,9H2,1-2H3;2H,1H3. The third-order valence-corrected chi connectivity index (χ3v) is 1.79. The monoisotopic (exact) mass is 196 g/mol. The molecule has 1 N–H and O–H groups in total. The molecule has 1 aromatic carbocycles. The van der Waals surface area contributed by atoms with Crippen LogP contribution in [-0.2, 0) is 0 Å². The number of aryl methyl sites for hydroxylation is 1. The molecule has 0 bridgehead atoms. The first-order valence-corrected chi connectivity index (χ1v) is 4.97. The van der Waals surface area contributed by atoms with Crippen molar-refractivity contribution in [2.24, 2.45) is 0 Å². The lowest BCUT2D eigenvalue weighted by atomic mass is 10.2. The predicted molar refractivity (Wildman–Crippen MR) is 59.7 cm³/mol. The van der Waals surface area contributed by atoms with Gasteiger partial charge in [-0.15, -0.1) is 0 Å². The molecule has 2 heteroatoms. The van der Waals surface area contributed by atoms with E-state index in [2.05, 4.69) is 26.0 Å². The normalized spacial score (nSPS) is 8.86. The molecule has 0 spiro atoms. The summed E-state index contributed by atoms with van der Waals surface area (Å²) >= 11 is 0. The van der Waals surface area contributed by atoms with E-state index in [1.54, 1.807) is 0 Å². The lowest BCUT2D eigenvalue weighted by molar-refractivity contribution is 0.309. The van der Waals surface area contributed by atoms with E-state index in [0.29, 0.717) is 0 Å². The molecule has 0 aliphatic rings. The molecule has 0 atom stereocenters. The van der Waals surface area contributed by atoms with Crippen molar-refractivity contribution < 1.29 is 9.84 Å². The van der Waals surface area contributed by atoms with Crippen molar-refractivity contribution >= 4 is 0 Å². The maximum absolute atomic E-state index is 7.00. The Balaban J connectivity index is 0.000000791. The third-order valence-electron chi connectivity index (χ3n) is 1.79. The Morgan fingerprint density at radius 1 is 1.14 bits per heavy atom. The predicted octanol–water partition coefficient (Wildman–Crippen LogP) is 2.78. The largest absolute Gasteiger partial charge is 0.494 e. The Kier molecular flexibility index (Phi) is 7.95. The van der Waals surface area contributed by atoms with Crippen LogP contribution in [-0.4, -0.2) is 18.8 Å². The van der Waals surface area contributed by atoms with Crippen molar-refractivity contribution in [3.63, 3.8) is 0 Å². The highest BCUT2D eigenvalue weighted by molar-refractivity contribution is 5.26. The van der Waals surface area contributed by atoms with E-state index in [0.717, 1.165) is 25.9 Å². The molecule has 0 aliphatic carbocycles. The van der Waals surface area contributed by atoms with Crippen molar-refractivity contribution in [1.29, 1.82) is 0 Å². The van der Waals surface area contributed by atoms with Gasteiger partial charge in [-0.2, -0.15) is 0 Å². The lowest BCUT2D eigenvalue weighted by Crippen LogP contribution is -1.95. The minimum absolute atomic E-state index is 0.833. The van der Waals surface area contributed by atoms with Gasteiger partial charge >= 0.3 is 0 Å². The van der Waals surface area contributed by atoms with Crippen molar-refractivity contribution in [1.82, 2.24) is 0 Å². The van der Waals surface area contributed by atoms with Crippen molar-refractivity contribution in [2.75, 3.05) is 13.7 Å². The summed E-state index contributed by atoms with van der Waals surface area (Å²) in [5.41, 5.74) is 1.28. The Morgan fingerprint density at radius 2 is 1.71 bits per heavy atom. The number of aliphatic hydroxyl groups excluding tert-OH is 1. The zero-order valence-electron chi connectivity index (χ0n) is 9.29. The van der Waals surface area contributed by atoms with Gasteiger partial charge in [0, 0.05) is 7.11 Å². The van der Waals surface area contributed by atoms with Crippen LogP contribution < -0.4 is 4.74 Å². The number of ether oxygens (including phenoxy) is 1. The van der Waals surface area contributed by atoms with Crippen LogP contribution in [0.5, 0.6) is 5.75 Å². The van der Waals surface area contributed by atoms with E-state index >= 15 is 0 Å². The second-order valence-corrected chi connectivity index (χ2v) is 3.02. The molecular formula is C12H20O2. The number of hydrogen-bond acceptors (Lipinski definition) is 2. The molecule has 0 aromatic heterocycles. The highest BCUT2D eigenvalue weighted by Gasteiger charge is 1.90. The molecule has 0 saturated heterocycles. The van der Waals surface area contributed by atoms with Gasteiger partial charge in [0.15, 0.2) is 0 Å². The average Bonchev–Trinajstić information content (AvgIpc) is 2.24. The van der Waals surface area contributed by atoms with Gasteiger partial charge in [0.1, 0.15) is 5.75 Å². The van der Waals surface area contributed by atoms with Crippen LogP contribution in [0.2, 0.25) is 0 Å². The second kappa shape index (κ2) is 8.57. The van der Waals surface area contributed by atoms with Gasteiger partial charge in [-0.25, -0.2) is 0 Å². The minimum atomic E-state index is 0.833. The topological polar surface area (TPSA) is 29.5 Å². The van der Waals surface area contributed by atoms with Gasteiger partial charge in [0.2, 0.25) is 0 Å². The van der Waals surface area contributed by atoms with Gasteiger partial charge in [-0.05, 0) is 25.5 Å². The summed E-state index contributed by atoms with van der Waals surface area (Å²) in [6.45, 7) is 5.08. The summed E-state index contributed by atoms with van der Waals surface area (Å²) in [7, 11) is 1.00.